The average molecular weight is 271 g/mol. The van der Waals surface area contributed by atoms with Gasteiger partial charge in [-0.3, -0.25) is 0 Å². The first kappa shape index (κ1) is 13.3. The van der Waals surface area contributed by atoms with Gasteiger partial charge < -0.3 is 9.84 Å². The van der Waals surface area contributed by atoms with Crippen LogP contribution in [0.25, 0.3) is 0 Å². The summed E-state index contributed by atoms with van der Waals surface area (Å²) in [6.07, 6.45) is 2.15. The maximum absolute atomic E-state index is 5.52. The lowest BCUT2D eigenvalue weighted by Crippen LogP contribution is -2.27. The molecule has 1 aromatic heterocycles. The number of benzene rings is 1. The topological polar surface area (TPSA) is 51.0 Å². The van der Waals surface area contributed by atoms with Gasteiger partial charge in [-0.15, -0.1) is 0 Å². The largest absolute Gasteiger partial charge is 0.339 e. The van der Waals surface area contributed by atoms with E-state index in [-0.39, 0.29) is 5.41 Å². The lowest BCUT2D eigenvalue weighted by atomic mass is 9.84. The molecule has 1 aromatic carbocycles. The van der Waals surface area contributed by atoms with E-state index < -0.39 is 0 Å². The van der Waals surface area contributed by atoms with Crippen LogP contribution < -0.4 is 5.32 Å². The Balaban J connectivity index is 1.85. The maximum Gasteiger partial charge on any atom is 0.229 e. The molecular formula is C16H21N3O. The van der Waals surface area contributed by atoms with Crippen LogP contribution in [0.1, 0.15) is 49.9 Å². The summed E-state index contributed by atoms with van der Waals surface area (Å²) in [5.41, 5.74) is 0.980. The summed E-state index contributed by atoms with van der Waals surface area (Å²) in [6, 6.07) is 10.3. The van der Waals surface area contributed by atoms with E-state index in [4.69, 9.17) is 4.52 Å². The number of rotatable bonds is 3. The molecule has 0 aliphatic carbocycles. The van der Waals surface area contributed by atoms with Crippen molar-refractivity contribution < 1.29 is 4.52 Å². The van der Waals surface area contributed by atoms with Crippen LogP contribution in [0.15, 0.2) is 34.9 Å². The molecule has 4 nitrogen and oxygen atoms in total. The highest BCUT2D eigenvalue weighted by molar-refractivity contribution is 5.30. The van der Waals surface area contributed by atoms with Crippen LogP contribution in [-0.2, 0) is 5.41 Å². The molecule has 106 valence electrons. The first-order valence-corrected chi connectivity index (χ1v) is 7.28. The monoisotopic (exact) mass is 271 g/mol. The van der Waals surface area contributed by atoms with Crippen molar-refractivity contribution in [1.82, 2.24) is 15.5 Å². The van der Waals surface area contributed by atoms with E-state index in [1.165, 1.54) is 5.56 Å². The summed E-state index contributed by atoms with van der Waals surface area (Å²) >= 11 is 0. The summed E-state index contributed by atoms with van der Waals surface area (Å²) in [4.78, 5) is 4.68. The van der Waals surface area contributed by atoms with Crippen LogP contribution >= 0.6 is 0 Å². The minimum absolute atomic E-state index is 0.226. The van der Waals surface area contributed by atoms with Gasteiger partial charge in [0.05, 0.1) is 5.41 Å². The van der Waals surface area contributed by atoms with Gasteiger partial charge in [0.25, 0.3) is 0 Å². The zero-order valence-corrected chi connectivity index (χ0v) is 12.1. The van der Waals surface area contributed by atoms with Gasteiger partial charge in [-0.05, 0) is 45.3 Å². The first-order chi connectivity index (χ1) is 9.68. The van der Waals surface area contributed by atoms with Gasteiger partial charge in [0, 0.05) is 5.92 Å². The molecule has 4 heteroatoms. The zero-order valence-electron chi connectivity index (χ0n) is 12.1. The van der Waals surface area contributed by atoms with Crippen molar-refractivity contribution >= 4 is 0 Å². The molecule has 3 rings (SSSR count). The Morgan fingerprint density at radius 3 is 2.55 bits per heavy atom. The van der Waals surface area contributed by atoms with Crippen molar-refractivity contribution in [2.45, 2.75) is 38.0 Å². The van der Waals surface area contributed by atoms with Gasteiger partial charge in [-0.1, -0.05) is 35.5 Å². The Bertz CT molecular complexity index is 556. The Labute approximate surface area is 119 Å². The first-order valence-electron chi connectivity index (χ1n) is 7.28. The quantitative estimate of drug-likeness (QED) is 0.932. The second-order valence-corrected chi connectivity index (χ2v) is 5.97. The molecule has 0 saturated carbocycles. The molecule has 20 heavy (non-hydrogen) atoms. The molecule has 0 spiro atoms. The maximum atomic E-state index is 5.52. The fourth-order valence-corrected chi connectivity index (χ4v) is 2.71. The number of hydrogen-bond acceptors (Lipinski definition) is 4. The van der Waals surface area contributed by atoms with Gasteiger partial charge in [-0.2, -0.15) is 4.98 Å². The van der Waals surface area contributed by atoms with Gasteiger partial charge in [-0.25, -0.2) is 0 Å². The Kier molecular flexibility index (Phi) is 3.57. The Morgan fingerprint density at radius 1 is 1.15 bits per heavy atom. The van der Waals surface area contributed by atoms with E-state index in [0.29, 0.717) is 5.92 Å². The zero-order chi connectivity index (χ0) is 14.0. The van der Waals surface area contributed by atoms with Crippen LogP contribution in [0.2, 0.25) is 0 Å². The van der Waals surface area contributed by atoms with Gasteiger partial charge in [0.15, 0.2) is 5.82 Å². The predicted molar refractivity (Wildman–Crippen MR) is 77.7 cm³/mol. The minimum atomic E-state index is -0.226. The second kappa shape index (κ2) is 5.37. The van der Waals surface area contributed by atoms with E-state index >= 15 is 0 Å². The van der Waals surface area contributed by atoms with Crippen LogP contribution in [-0.4, -0.2) is 23.2 Å². The van der Waals surface area contributed by atoms with E-state index in [1.54, 1.807) is 0 Å². The molecule has 0 atom stereocenters. The molecule has 0 unspecified atom stereocenters. The average Bonchev–Trinajstić information content (AvgIpc) is 3.00. The Hall–Kier alpha value is -1.68. The highest BCUT2D eigenvalue weighted by Crippen LogP contribution is 2.31. The van der Waals surface area contributed by atoms with E-state index in [1.807, 2.05) is 18.2 Å². The number of aromatic nitrogens is 2. The number of piperidine rings is 1. The fraction of sp³-hybridized carbons (Fsp3) is 0.500. The van der Waals surface area contributed by atoms with Crippen LogP contribution in [0.3, 0.4) is 0 Å². The van der Waals surface area contributed by atoms with Crippen molar-refractivity contribution in [2.75, 3.05) is 13.1 Å². The summed E-state index contributed by atoms with van der Waals surface area (Å²) < 4.78 is 5.52. The highest BCUT2D eigenvalue weighted by Gasteiger charge is 2.30. The van der Waals surface area contributed by atoms with Crippen molar-refractivity contribution in [3.8, 4) is 0 Å². The second-order valence-electron chi connectivity index (χ2n) is 5.97. The third-order valence-corrected chi connectivity index (χ3v) is 4.18. The molecular weight excluding hydrogens is 250 g/mol. The SMILES string of the molecule is CC(C)(c1ccccc1)c1noc(C2CCNCC2)n1. The molecule has 1 N–H and O–H groups in total. The normalized spacial score (nSPS) is 17.3. The van der Waals surface area contributed by atoms with Crippen LogP contribution in [0, 0.1) is 0 Å². The van der Waals surface area contributed by atoms with Crippen LogP contribution in [0.5, 0.6) is 0 Å². The van der Waals surface area contributed by atoms with Gasteiger partial charge in [0.2, 0.25) is 5.89 Å². The molecule has 1 saturated heterocycles. The van der Waals surface area contributed by atoms with Crippen molar-refractivity contribution in [3.63, 3.8) is 0 Å². The van der Waals surface area contributed by atoms with Crippen LogP contribution in [0.4, 0.5) is 0 Å². The number of hydrogen-bond donors (Lipinski definition) is 1. The van der Waals surface area contributed by atoms with E-state index in [2.05, 4.69) is 41.4 Å². The lowest BCUT2D eigenvalue weighted by molar-refractivity contribution is 0.315. The lowest BCUT2D eigenvalue weighted by Gasteiger charge is -2.21. The van der Waals surface area contributed by atoms with Crippen molar-refractivity contribution in [1.29, 1.82) is 0 Å². The molecule has 0 radical (unpaired) electrons. The predicted octanol–water partition coefficient (Wildman–Crippen LogP) is 2.86. The van der Waals surface area contributed by atoms with Crippen molar-refractivity contribution in [3.05, 3.63) is 47.6 Å². The summed E-state index contributed by atoms with van der Waals surface area (Å²) in [6.45, 7) is 6.34. The molecule has 2 heterocycles. The smallest absolute Gasteiger partial charge is 0.229 e. The Morgan fingerprint density at radius 2 is 1.85 bits per heavy atom. The van der Waals surface area contributed by atoms with Gasteiger partial charge in [0.1, 0.15) is 0 Å². The standard InChI is InChI=1S/C16H21N3O/c1-16(2,13-6-4-3-5-7-13)15-18-14(20-19-15)12-8-10-17-11-9-12/h3-7,12,17H,8-11H2,1-2H3. The van der Waals surface area contributed by atoms with E-state index in [0.717, 1.165) is 37.6 Å². The summed E-state index contributed by atoms with van der Waals surface area (Å²) in [7, 11) is 0. The molecule has 2 aromatic rings. The molecule has 0 amide bonds. The summed E-state index contributed by atoms with van der Waals surface area (Å²) in [5, 5.41) is 7.59. The third kappa shape index (κ3) is 2.48. The highest BCUT2D eigenvalue weighted by atomic mass is 16.5. The third-order valence-electron chi connectivity index (χ3n) is 4.18. The fourth-order valence-electron chi connectivity index (χ4n) is 2.71. The summed E-state index contributed by atoms with van der Waals surface area (Å²) in [5.74, 6) is 1.98. The van der Waals surface area contributed by atoms with Crippen molar-refractivity contribution in [2.24, 2.45) is 0 Å². The van der Waals surface area contributed by atoms with Gasteiger partial charge >= 0.3 is 0 Å². The molecule has 1 fully saturated rings. The minimum Gasteiger partial charge on any atom is -0.339 e. The number of nitrogens with one attached hydrogen (secondary N) is 1. The molecule has 1 aliphatic heterocycles. The number of nitrogens with zero attached hydrogens (tertiary/aromatic N) is 2. The molecule has 0 bridgehead atoms. The van der Waals surface area contributed by atoms with E-state index in [9.17, 15) is 0 Å². The molecule has 1 aliphatic rings.